The highest BCUT2D eigenvalue weighted by Crippen LogP contribution is 2.16. The van der Waals surface area contributed by atoms with Crippen molar-refractivity contribution in [3.05, 3.63) is 59.7 Å². The van der Waals surface area contributed by atoms with Crippen LogP contribution in [0.2, 0.25) is 0 Å². The number of nitrogens with one attached hydrogen (secondary N) is 2. The molecule has 0 aromatic heterocycles. The summed E-state index contributed by atoms with van der Waals surface area (Å²) in [5.41, 5.74) is 7.81. The van der Waals surface area contributed by atoms with Crippen LogP contribution in [0.5, 0.6) is 0 Å². The number of primary amides is 1. The molecule has 21 heavy (non-hydrogen) atoms. The Morgan fingerprint density at radius 2 is 1.62 bits per heavy atom. The van der Waals surface area contributed by atoms with E-state index in [4.69, 9.17) is 5.73 Å². The summed E-state index contributed by atoms with van der Waals surface area (Å²) in [6.45, 7) is 0. The second kappa shape index (κ2) is 6.90. The van der Waals surface area contributed by atoms with Gasteiger partial charge < -0.3 is 16.4 Å². The summed E-state index contributed by atoms with van der Waals surface area (Å²) in [6, 6.07) is 13.4. The van der Waals surface area contributed by atoms with Crippen LogP contribution < -0.4 is 16.4 Å². The van der Waals surface area contributed by atoms with Crippen molar-refractivity contribution in [2.75, 3.05) is 10.6 Å². The molecule has 0 aliphatic heterocycles. The molecule has 0 bridgehead atoms. The van der Waals surface area contributed by atoms with Crippen molar-refractivity contribution < 1.29 is 9.59 Å². The van der Waals surface area contributed by atoms with E-state index in [9.17, 15) is 9.59 Å². The van der Waals surface area contributed by atoms with Gasteiger partial charge in [-0.3, -0.25) is 4.79 Å². The minimum atomic E-state index is -0.649. The maximum atomic E-state index is 12.1. The van der Waals surface area contributed by atoms with E-state index in [1.54, 1.807) is 36.4 Å². The average molecular weight is 348 g/mol. The van der Waals surface area contributed by atoms with Gasteiger partial charge in [-0.05, 0) is 35.9 Å². The molecule has 2 aromatic carbocycles. The molecule has 0 atom stereocenters. The molecule has 2 aromatic rings. The minimum absolute atomic E-state index is 0.215. The maximum Gasteiger partial charge on any atom is 0.316 e. The van der Waals surface area contributed by atoms with E-state index in [1.165, 1.54) is 0 Å². The van der Waals surface area contributed by atoms with E-state index in [0.717, 1.165) is 10.9 Å². The largest absolute Gasteiger partial charge is 0.351 e. The van der Waals surface area contributed by atoms with Crippen LogP contribution >= 0.6 is 15.9 Å². The number of halogens is 1. The second-order valence-electron chi connectivity index (χ2n) is 4.35. The summed E-state index contributed by atoms with van der Waals surface area (Å²) in [4.78, 5) is 22.9. The number of urea groups is 1. The van der Waals surface area contributed by atoms with E-state index in [2.05, 4.69) is 26.6 Å². The first kappa shape index (κ1) is 15.1. The molecule has 5 nitrogen and oxygen atoms in total. The predicted molar refractivity (Wildman–Crippen MR) is 86.7 cm³/mol. The van der Waals surface area contributed by atoms with Gasteiger partial charge in [-0.1, -0.05) is 34.1 Å². The van der Waals surface area contributed by atoms with Gasteiger partial charge in [-0.25, -0.2) is 4.79 Å². The van der Waals surface area contributed by atoms with Crippen LogP contribution in [0.15, 0.2) is 48.5 Å². The lowest BCUT2D eigenvalue weighted by Crippen LogP contribution is -2.19. The SMILES string of the molecule is NC(=O)Nc1cccc(NC(=O)c2ccc(CBr)cc2)c1. The molecule has 2 rings (SSSR count). The monoisotopic (exact) mass is 347 g/mol. The lowest BCUT2D eigenvalue weighted by atomic mass is 10.1. The van der Waals surface area contributed by atoms with Crippen LogP contribution in [-0.2, 0) is 5.33 Å². The number of nitrogens with two attached hydrogens (primary N) is 1. The van der Waals surface area contributed by atoms with Crippen LogP contribution in [0, 0.1) is 0 Å². The molecule has 4 N–H and O–H groups in total. The van der Waals surface area contributed by atoms with Crippen molar-refractivity contribution >= 4 is 39.2 Å². The standard InChI is InChI=1S/C15H14BrN3O2/c16-9-10-4-6-11(7-5-10)14(20)18-12-2-1-3-13(8-12)19-15(17)21/h1-8H,9H2,(H,18,20)(H3,17,19,21). The van der Waals surface area contributed by atoms with Crippen LogP contribution in [0.25, 0.3) is 0 Å². The lowest BCUT2D eigenvalue weighted by Gasteiger charge is -2.08. The zero-order valence-corrected chi connectivity index (χ0v) is 12.7. The highest BCUT2D eigenvalue weighted by Gasteiger charge is 2.06. The van der Waals surface area contributed by atoms with Gasteiger partial charge in [0.05, 0.1) is 0 Å². The van der Waals surface area contributed by atoms with E-state index in [-0.39, 0.29) is 5.91 Å². The fourth-order valence-corrected chi connectivity index (χ4v) is 2.14. The first-order valence-corrected chi connectivity index (χ1v) is 7.33. The average Bonchev–Trinajstić information content (AvgIpc) is 2.47. The number of amides is 3. The van der Waals surface area contributed by atoms with E-state index in [0.29, 0.717) is 16.9 Å². The van der Waals surface area contributed by atoms with Gasteiger partial charge in [0, 0.05) is 22.3 Å². The quantitative estimate of drug-likeness (QED) is 0.741. The summed E-state index contributed by atoms with van der Waals surface area (Å²) in [5.74, 6) is -0.215. The molecule has 0 radical (unpaired) electrons. The first-order chi connectivity index (χ1) is 10.1. The summed E-state index contributed by atoms with van der Waals surface area (Å²) in [5, 5.41) is 5.97. The Morgan fingerprint density at radius 3 is 2.19 bits per heavy atom. The molecule has 0 heterocycles. The van der Waals surface area contributed by atoms with Gasteiger partial charge in [-0.2, -0.15) is 0 Å². The molecular weight excluding hydrogens is 334 g/mol. The van der Waals surface area contributed by atoms with Gasteiger partial charge >= 0.3 is 6.03 Å². The number of hydrogen-bond donors (Lipinski definition) is 3. The van der Waals surface area contributed by atoms with E-state index >= 15 is 0 Å². The molecule has 0 aliphatic carbocycles. The zero-order chi connectivity index (χ0) is 15.2. The Hall–Kier alpha value is -2.34. The molecule has 0 spiro atoms. The van der Waals surface area contributed by atoms with Gasteiger partial charge in [0.2, 0.25) is 0 Å². The van der Waals surface area contributed by atoms with E-state index in [1.807, 2.05) is 12.1 Å². The van der Waals surface area contributed by atoms with Crippen LogP contribution in [0.3, 0.4) is 0 Å². The number of hydrogen-bond acceptors (Lipinski definition) is 2. The molecule has 0 aliphatic rings. The van der Waals surface area contributed by atoms with Gasteiger partial charge in [0.15, 0.2) is 0 Å². The molecule has 0 unspecified atom stereocenters. The van der Waals surface area contributed by atoms with Gasteiger partial charge in [-0.15, -0.1) is 0 Å². The van der Waals surface area contributed by atoms with E-state index < -0.39 is 6.03 Å². The summed E-state index contributed by atoms with van der Waals surface area (Å²) in [6.07, 6.45) is 0. The third-order valence-electron chi connectivity index (χ3n) is 2.76. The smallest absolute Gasteiger partial charge is 0.316 e. The zero-order valence-electron chi connectivity index (χ0n) is 11.1. The van der Waals surface area contributed by atoms with Crippen molar-refractivity contribution in [1.29, 1.82) is 0 Å². The number of benzene rings is 2. The third kappa shape index (κ3) is 4.32. The minimum Gasteiger partial charge on any atom is -0.351 e. The Labute approximate surface area is 130 Å². The van der Waals surface area contributed by atoms with Crippen molar-refractivity contribution in [1.82, 2.24) is 0 Å². The fraction of sp³-hybridized carbons (Fsp3) is 0.0667. The van der Waals surface area contributed by atoms with Crippen molar-refractivity contribution in [3.63, 3.8) is 0 Å². The molecule has 0 saturated carbocycles. The topological polar surface area (TPSA) is 84.2 Å². The Kier molecular flexibility index (Phi) is 4.94. The summed E-state index contributed by atoms with van der Waals surface area (Å²) >= 11 is 3.36. The summed E-state index contributed by atoms with van der Waals surface area (Å²) < 4.78 is 0. The maximum absolute atomic E-state index is 12.1. The Morgan fingerprint density at radius 1 is 1.00 bits per heavy atom. The number of anilines is 2. The molecule has 0 fully saturated rings. The number of carbonyl (C=O) groups is 2. The van der Waals surface area contributed by atoms with Gasteiger partial charge in [0.1, 0.15) is 0 Å². The molecule has 3 amide bonds. The van der Waals surface area contributed by atoms with Crippen molar-refractivity contribution in [2.45, 2.75) is 5.33 Å². The molecule has 6 heteroatoms. The Balaban J connectivity index is 2.09. The third-order valence-corrected chi connectivity index (χ3v) is 3.41. The van der Waals surface area contributed by atoms with Crippen molar-refractivity contribution in [3.8, 4) is 0 Å². The fourth-order valence-electron chi connectivity index (χ4n) is 1.77. The number of rotatable bonds is 4. The highest BCUT2D eigenvalue weighted by molar-refractivity contribution is 9.08. The number of carbonyl (C=O) groups excluding carboxylic acids is 2. The van der Waals surface area contributed by atoms with Crippen LogP contribution in [0.4, 0.5) is 16.2 Å². The second-order valence-corrected chi connectivity index (χ2v) is 4.92. The van der Waals surface area contributed by atoms with Crippen LogP contribution in [-0.4, -0.2) is 11.9 Å². The molecule has 108 valence electrons. The normalized spacial score (nSPS) is 9.95. The van der Waals surface area contributed by atoms with Gasteiger partial charge in [0.25, 0.3) is 5.91 Å². The number of alkyl halides is 1. The summed E-state index contributed by atoms with van der Waals surface area (Å²) in [7, 11) is 0. The van der Waals surface area contributed by atoms with Crippen LogP contribution in [0.1, 0.15) is 15.9 Å². The molecule has 0 saturated heterocycles. The predicted octanol–water partition coefficient (Wildman–Crippen LogP) is 3.32. The lowest BCUT2D eigenvalue weighted by molar-refractivity contribution is 0.102. The van der Waals surface area contributed by atoms with Crippen molar-refractivity contribution in [2.24, 2.45) is 5.73 Å². The Bertz CT molecular complexity index is 656. The highest BCUT2D eigenvalue weighted by atomic mass is 79.9. The molecular formula is C15H14BrN3O2. The first-order valence-electron chi connectivity index (χ1n) is 6.21.